The van der Waals surface area contributed by atoms with Crippen molar-refractivity contribution in [3.63, 3.8) is 0 Å². The van der Waals surface area contributed by atoms with Crippen LogP contribution < -0.4 is 4.74 Å². The van der Waals surface area contributed by atoms with Gasteiger partial charge in [0.05, 0.1) is 31.3 Å². The van der Waals surface area contributed by atoms with Gasteiger partial charge in [-0.2, -0.15) is 0 Å². The molecule has 9 heteroatoms. The van der Waals surface area contributed by atoms with Gasteiger partial charge in [-0.05, 0) is 48.7 Å². The molecule has 1 amide bonds. The molecule has 0 unspecified atom stereocenters. The third-order valence-corrected chi connectivity index (χ3v) is 7.39. The van der Waals surface area contributed by atoms with E-state index in [2.05, 4.69) is 11.6 Å². The molecule has 178 valence electrons. The first-order valence-corrected chi connectivity index (χ1v) is 12.9. The van der Waals surface area contributed by atoms with Gasteiger partial charge in [0, 0.05) is 23.2 Å². The lowest BCUT2D eigenvalue weighted by Crippen LogP contribution is -2.31. The van der Waals surface area contributed by atoms with E-state index in [1.54, 1.807) is 77.4 Å². The molecule has 1 fully saturated rings. The SMILES string of the molecule is C=CCN(Cc1cnc(S(=O)(=O)Cc2cccc(OC)c2)n1C1CC1)C(=O)c1cccc(Cl)c1. The Morgan fingerprint density at radius 1 is 1.26 bits per heavy atom. The van der Waals surface area contributed by atoms with E-state index < -0.39 is 9.84 Å². The molecule has 0 radical (unpaired) electrons. The van der Waals surface area contributed by atoms with Crippen LogP contribution in [-0.4, -0.2) is 42.4 Å². The number of hydrogen-bond donors (Lipinski definition) is 0. The van der Waals surface area contributed by atoms with E-state index in [-0.39, 0.29) is 29.4 Å². The predicted octanol–water partition coefficient (Wildman–Crippen LogP) is 4.68. The van der Waals surface area contributed by atoms with Crippen molar-refractivity contribution < 1.29 is 17.9 Å². The molecule has 0 aliphatic heterocycles. The number of imidazole rings is 1. The van der Waals surface area contributed by atoms with Crippen LogP contribution >= 0.6 is 11.6 Å². The van der Waals surface area contributed by atoms with E-state index >= 15 is 0 Å². The predicted molar refractivity (Wildman–Crippen MR) is 131 cm³/mol. The van der Waals surface area contributed by atoms with Gasteiger partial charge >= 0.3 is 0 Å². The number of carbonyl (C=O) groups is 1. The standard InChI is InChI=1S/C25H26ClN3O4S/c1-3-12-28(24(30)19-7-5-8-20(26)14-19)16-22-15-27-25(29(22)21-10-11-21)34(31,32)17-18-6-4-9-23(13-18)33-2/h3-9,13-15,21H,1,10-12,16-17H2,2H3. The van der Waals surface area contributed by atoms with Crippen molar-refractivity contribution in [2.45, 2.75) is 36.3 Å². The Kier molecular flexibility index (Phi) is 7.09. The molecule has 0 saturated heterocycles. The van der Waals surface area contributed by atoms with Crippen molar-refractivity contribution in [1.82, 2.24) is 14.5 Å². The number of carbonyl (C=O) groups excluding carboxylic acids is 1. The van der Waals surface area contributed by atoms with E-state index in [0.717, 1.165) is 12.8 Å². The fourth-order valence-corrected chi connectivity index (χ4v) is 5.59. The molecular formula is C25H26ClN3O4S. The largest absolute Gasteiger partial charge is 0.497 e. The Bertz CT molecular complexity index is 1320. The number of halogens is 1. The number of methoxy groups -OCH3 is 1. The van der Waals surface area contributed by atoms with E-state index in [9.17, 15) is 13.2 Å². The third-order valence-electron chi connectivity index (χ3n) is 5.58. The van der Waals surface area contributed by atoms with Crippen molar-refractivity contribution in [3.8, 4) is 5.75 Å². The Morgan fingerprint density at radius 3 is 2.71 bits per heavy atom. The molecule has 0 atom stereocenters. The summed E-state index contributed by atoms with van der Waals surface area (Å²) in [4.78, 5) is 19.1. The third kappa shape index (κ3) is 5.34. The maximum atomic E-state index is 13.3. The van der Waals surface area contributed by atoms with Gasteiger partial charge in [-0.25, -0.2) is 13.4 Å². The summed E-state index contributed by atoms with van der Waals surface area (Å²) in [6.07, 6.45) is 4.93. The maximum Gasteiger partial charge on any atom is 0.254 e. The van der Waals surface area contributed by atoms with Crippen LogP contribution in [0, 0.1) is 0 Å². The van der Waals surface area contributed by atoms with Gasteiger partial charge in [0.25, 0.3) is 5.91 Å². The van der Waals surface area contributed by atoms with Crippen LogP contribution in [0.4, 0.5) is 0 Å². The second-order valence-electron chi connectivity index (χ2n) is 8.23. The van der Waals surface area contributed by atoms with Crippen LogP contribution in [0.3, 0.4) is 0 Å². The minimum atomic E-state index is -3.72. The van der Waals surface area contributed by atoms with Crippen LogP contribution in [0.15, 0.2) is 72.5 Å². The van der Waals surface area contributed by atoms with Crippen LogP contribution in [0.5, 0.6) is 5.75 Å². The second-order valence-corrected chi connectivity index (χ2v) is 10.5. The fraction of sp³-hybridized carbons (Fsp3) is 0.280. The summed E-state index contributed by atoms with van der Waals surface area (Å²) in [5.74, 6) is 0.191. The topological polar surface area (TPSA) is 81.5 Å². The molecule has 1 saturated carbocycles. The highest BCUT2D eigenvalue weighted by Gasteiger charge is 2.34. The van der Waals surface area contributed by atoms with Gasteiger partial charge in [-0.15, -0.1) is 6.58 Å². The van der Waals surface area contributed by atoms with Crippen LogP contribution in [0.1, 0.15) is 40.5 Å². The number of rotatable bonds is 10. The molecule has 2 aromatic carbocycles. The summed E-state index contributed by atoms with van der Waals surface area (Å²) in [5.41, 5.74) is 1.75. The Labute approximate surface area is 204 Å². The highest BCUT2D eigenvalue weighted by atomic mass is 35.5. The van der Waals surface area contributed by atoms with E-state index in [0.29, 0.717) is 34.1 Å². The van der Waals surface area contributed by atoms with Crippen LogP contribution in [-0.2, 0) is 22.1 Å². The smallest absolute Gasteiger partial charge is 0.254 e. The summed E-state index contributed by atoms with van der Waals surface area (Å²) in [6, 6.07) is 13.8. The van der Waals surface area contributed by atoms with Gasteiger partial charge in [-0.3, -0.25) is 4.79 Å². The Balaban J connectivity index is 1.63. The molecular weight excluding hydrogens is 474 g/mol. The molecule has 4 rings (SSSR count). The summed E-state index contributed by atoms with van der Waals surface area (Å²) in [5, 5.41) is 0.500. The molecule has 7 nitrogen and oxygen atoms in total. The number of hydrogen-bond acceptors (Lipinski definition) is 5. The van der Waals surface area contributed by atoms with Crippen LogP contribution in [0.2, 0.25) is 5.02 Å². The highest BCUT2D eigenvalue weighted by molar-refractivity contribution is 7.90. The lowest BCUT2D eigenvalue weighted by atomic mass is 10.2. The number of nitrogens with zero attached hydrogens (tertiary/aromatic N) is 3. The quantitative estimate of drug-likeness (QED) is 0.378. The number of amides is 1. The number of sulfone groups is 1. The normalized spacial score (nSPS) is 13.5. The minimum Gasteiger partial charge on any atom is -0.497 e. The van der Waals surface area contributed by atoms with E-state index in [4.69, 9.17) is 16.3 Å². The number of ether oxygens (including phenoxy) is 1. The first-order chi connectivity index (χ1) is 16.3. The van der Waals surface area contributed by atoms with Crippen LogP contribution in [0.25, 0.3) is 0 Å². The monoisotopic (exact) mass is 499 g/mol. The molecule has 34 heavy (non-hydrogen) atoms. The van der Waals surface area contributed by atoms with Gasteiger partial charge in [0.2, 0.25) is 15.0 Å². The van der Waals surface area contributed by atoms with Gasteiger partial charge < -0.3 is 14.2 Å². The maximum absolute atomic E-state index is 13.3. The zero-order chi connectivity index (χ0) is 24.3. The van der Waals surface area contributed by atoms with Crippen molar-refractivity contribution >= 4 is 27.3 Å². The molecule has 0 spiro atoms. The van der Waals surface area contributed by atoms with Crippen molar-refractivity contribution in [2.24, 2.45) is 0 Å². The average molecular weight is 500 g/mol. The zero-order valence-corrected chi connectivity index (χ0v) is 20.4. The highest BCUT2D eigenvalue weighted by Crippen LogP contribution is 2.39. The molecule has 1 aromatic heterocycles. The molecule has 0 bridgehead atoms. The lowest BCUT2D eigenvalue weighted by Gasteiger charge is -2.22. The first kappa shape index (κ1) is 24.0. The molecule has 3 aromatic rings. The Morgan fingerprint density at radius 2 is 2.03 bits per heavy atom. The first-order valence-electron chi connectivity index (χ1n) is 10.9. The lowest BCUT2D eigenvalue weighted by molar-refractivity contribution is 0.0759. The summed E-state index contributed by atoms with van der Waals surface area (Å²) in [6.45, 7) is 4.27. The number of benzene rings is 2. The van der Waals surface area contributed by atoms with E-state index in [1.807, 2.05) is 0 Å². The summed E-state index contributed by atoms with van der Waals surface area (Å²) >= 11 is 6.07. The van der Waals surface area contributed by atoms with Gasteiger partial charge in [0.15, 0.2) is 0 Å². The second kappa shape index (κ2) is 10.0. The van der Waals surface area contributed by atoms with Gasteiger partial charge in [0.1, 0.15) is 5.75 Å². The van der Waals surface area contributed by atoms with E-state index in [1.165, 1.54) is 0 Å². The molecule has 0 N–H and O–H groups in total. The van der Waals surface area contributed by atoms with Crippen molar-refractivity contribution in [2.75, 3.05) is 13.7 Å². The summed E-state index contributed by atoms with van der Waals surface area (Å²) < 4.78 is 33.7. The molecule has 1 aliphatic carbocycles. The minimum absolute atomic E-state index is 0.0292. The van der Waals surface area contributed by atoms with Gasteiger partial charge in [-0.1, -0.05) is 35.9 Å². The van der Waals surface area contributed by atoms with Crippen molar-refractivity contribution in [1.29, 1.82) is 0 Å². The van der Waals surface area contributed by atoms with Crippen molar-refractivity contribution in [3.05, 3.63) is 89.2 Å². The number of aromatic nitrogens is 2. The fourth-order valence-electron chi connectivity index (χ4n) is 3.87. The molecule has 1 heterocycles. The summed E-state index contributed by atoms with van der Waals surface area (Å²) in [7, 11) is -2.18. The average Bonchev–Trinajstić information content (AvgIpc) is 3.57. The molecule has 1 aliphatic rings. The zero-order valence-electron chi connectivity index (χ0n) is 18.9. The Hall–Kier alpha value is -3.10.